The number of aliphatic carboxylic acids is 5. The summed E-state index contributed by atoms with van der Waals surface area (Å²) in [7, 11) is 0. The lowest BCUT2D eigenvalue weighted by Gasteiger charge is -2.19. The molecule has 0 aromatic rings. The summed E-state index contributed by atoms with van der Waals surface area (Å²) in [6.07, 6.45) is -5.22. The molecule has 10 N–H and O–H groups in total. The molecular weight excluding hydrogens is 448 g/mol. The van der Waals surface area contributed by atoms with Crippen LogP contribution in [0.15, 0.2) is 0 Å². The SMILES string of the molecule is CC(=O)O.CC(=O)O.CC(=O)O.CC(=O)O.CC(=O)O.O=C(CO)C(O)C(O)C(O)CO. The number of hydrogen-bond donors (Lipinski definition) is 10. The summed E-state index contributed by atoms with van der Waals surface area (Å²) >= 11 is 0. The summed E-state index contributed by atoms with van der Waals surface area (Å²) in [4.78, 5) is 55.5. The summed E-state index contributed by atoms with van der Waals surface area (Å²) in [6, 6.07) is 0. The van der Waals surface area contributed by atoms with Gasteiger partial charge >= 0.3 is 0 Å². The zero-order valence-electron chi connectivity index (χ0n) is 18.1. The molecule has 0 aliphatic heterocycles. The monoisotopic (exact) mass is 480 g/mol. The van der Waals surface area contributed by atoms with E-state index in [9.17, 15) is 4.79 Å². The van der Waals surface area contributed by atoms with Gasteiger partial charge < -0.3 is 51.1 Å². The molecule has 16 heteroatoms. The number of carbonyl (C=O) groups is 6. The predicted octanol–water partition coefficient (Wildman–Crippen LogP) is -2.92. The van der Waals surface area contributed by atoms with Gasteiger partial charge in [-0.15, -0.1) is 0 Å². The Hall–Kier alpha value is -3.18. The van der Waals surface area contributed by atoms with Crippen molar-refractivity contribution in [1.82, 2.24) is 0 Å². The highest BCUT2D eigenvalue weighted by atomic mass is 16.4. The maximum atomic E-state index is 10.5. The van der Waals surface area contributed by atoms with Crippen LogP contribution in [0, 0.1) is 0 Å². The van der Waals surface area contributed by atoms with Crippen LogP contribution in [0.4, 0.5) is 0 Å². The number of ketones is 1. The summed E-state index contributed by atoms with van der Waals surface area (Å²) in [5.41, 5.74) is 0. The van der Waals surface area contributed by atoms with E-state index in [1.165, 1.54) is 0 Å². The Balaban J connectivity index is -0.0000000706. The molecule has 3 unspecified atom stereocenters. The van der Waals surface area contributed by atoms with E-state index in [0.717, 1.165) is 34.6 Å². The molecule has 0 fully saturated rings. The van der Waals surface area contributed by atoms with E-state index in [2.05, 4.69) is 0 Å². The predicted molar refractivity (Wildman–Crippen MR) is 104 cm³/mol. The first-order valence-electron chi connectivity index (χ1n) is 7.97. The van der Waals surface area contributed by atoms with E-state index in [0.29, 0.717) is 0 Å². The molecule has 0 radical (unpaired) electrons. The summed E-state index contributed by atoms with van der Waals surface area (Å²) < 4.78 is 0. The first-order chi connectivity index (χ1) is 14.2. The largest absolute Gasteiger partial charge is 0.481 e. The van der Waals surface area contributed by atoms with Gasteiger partial charge in [0.05, 0.1) is 6.61 Å². The van der Waals surface area contributed by atoms with E-state index >= 15 is 0 Å². The van der Waals surface area contributed by atoms with E-state index in [1.54, 1.807) is 0 Å². The number of carboxylic acid groups (broad SMARTS) is 5. The van der Waals surface area contributed by atoms with Gasteiger partial charge in [-0.1, -0.05) is 0 Å². The van der Waals surface area contributed by atoms with Gasteiger partial charge in [0.2, 0.25) is 0 Å². The van der Waals surface area contributed by atoms with Crippen LogP contribution in [0.1, 0.15) is 34.6 Å². The molecule has 0 heterocycles. The molecule has 0 aliphatic carbocycles. The third kappa shape index (κ3) is 109. The standard InChI is InChI=1S/C6H12O6.5C2H4O2/c7-1-3(9)5(11)6(12)4(10)2-8;5*1-2(3)4/h3,5-9,11-12H,1-2H2;5*1H3,(H,3,4). The minimum absolute atomic E-state index is 0.767. The van der Waals surface area contributed by atoms with Crippen LogP contribution in [0.25, 0.3) is 0 Å². The van der Waals surface area contributed by atoms with Crippen LogP contribution >= 0.6 is 0 Å². The highest BCUT2D eigenvalue weighted by Gasteiger charge is 2.28. The van der Waals surface area contributed by atoms with Crippen LogP contribution in [-0.4, -0.2) is 118 Å². The minimum Gasteiger partial charge on any atom is -0.481 e. The number of aliphatic hydroxyl groups excluding tert-OH is 5. The molecule has 0 bridgehead atoms. The van der Waals surface area contributed by atoms with Gasteiger partial charge in [-0.3, -0.25) is 28.8 Å². The molecule has 192 valence electrons. The van der Waals surface area contributed by atoms with Crippen LogP contribution in [-0.2, 0) is 28.8 Å². The van der Waals surface area contributed by atoms with E-state index in [4.69, 9.17) is 75.0 Å². The van der Waals surface area contributed by atoms with Crippen molar-refractivity contribution in [3.05, 3.63) is 0 Å². The van der Waals surface area contributed by atoms with Gasteiger partial charge in [-0.05, 0) is 0 Å². The molecule has 0 saturated heterocycles. The molecule has 16 nitrogen and oxygen atoms in total. The van der Waals surface area contributed by atoms with Gasteiger partial charge in [-0.2, -0.15) is 0 Å². The number of carboxylic acids is 5. The molecule has 0 saturated carbocycles. The molecule has 0 amide bonds. The lowest BCUT2D eigenvalue weighted by molar-refractivity contribution is -0.143. The van der Waals surface area contributed by atoms with Gasteiger partial charge in [0.1, 0.15) is 24.9 Å². The zero-order chi connectivity index (χ0) is 27.6. The Morgan fingerprint density at radius 3 is 0.875 bits per heavy atom. The second-order valence-corrected chi connectivity index (χ2v) is 4.90. The Labute approximate surface area is 182 Å². The van der Waals surface area contributed by atoms with Crippen molar-refractivity contribution in [2.75, 3.05) is 13.2 Å². The summed E-state index contributed by atoms with van der Waals surface area (Å²) in [5, 5.41) is 80.1. The fourth-order valence-corrected chi connectivity index (χ4v) is 0.602. The van der Waals surface area contributed by atoms with Crippen molar-refractivity contribution >= 4 is 35.6 Å². The number of rotatable bonds is 5. The average Bonchev–Trinajstić information content (AvgIpc) is 2.56. The van der Waals surface area contributed by atoms with Crippen molar-refractivity contribution in [1.29, 1.82) is 0 Å². The van der Waals surface area contributed by atoms with Gasteiger partial charge in [-0.25, -0.2) is 0 Å². The van der Waals surface area contributed by atoms with Gasteiger partial charge in [0, 0.05) is 34.6 Å². The van der Waals surface area contributed by atoms with Crippen LogP contribution in [0.5, 0.6) is 0 Å². The van der Waals surface area contributed by atoms with Crippen molar-refractivity contribution in [2.45, 2.75) is 52.9 Å². The molecule has 32 heavy (non-hydrogen) atoms. The quantitative estimate of drug-likeness (QED) is 0.188. The molecule has 0 rings (SSSR count). The lowest BCUT2D eigenvalue weighted by Crippen LogP contribution is -2.44. The Morgan fingerprint density at radius 2 is 0.750 bits per heavy atom. The number of Topliss-reactive ketones (excluding diaryl/α,β-unsaturated/α-hetero) is 1. The van der Waals surface area contributed by atoms with E-state index in [1.807, 2.05) is 0 Å². The van der Waals surface area contributed by atoms with E-state index in [-0.39, 0.29) is 0 Å². The first-order valence-corrected chi connectivity index (χ1v) is 7.97. The maximum absolute atomic E-state index is 10.5. The number of hydrogen-bond acceptors (Lipinski definition) is 11. The second-order valence-electron chi connectivity index (χ2n) is 4.90. The van der Waals surface area contributed by atoms with Crippen LogP contribution in [0.2, 0.25) is 0 Å². The Kier molecular flexibility index (Phi) is 40.2. The topological polar surface area (TPSA) is 305 Å². The average molecular weight is 480 g/mol. The molecule has 0 spiro atoms. The van der Waals surface area contributed by atoms with Crippen molar-refractivity contribution in [3.8, 4) is 0 Å². The third-order valence-corrected chi connectivity index (χ3v) is 1.39. The molecule has 0 aliphatic rings. The summed E-state index contributed by atoms with van der Waals surface area (Å²) in [6.45, 7) is 3.73. The normalized spacial score (nSPS) is 10.8. The smallest absolute Gasteiger partial charge is 0.300 e. The minimum atomic E-state index is -1.86. The third-order valence-electron chi connectivity index (χ3n) is 1.39. The number of aliphatic hydroxyl groups is 5. The van der Waals surface area contributed by atoms with Crippen LogP contribution in [0.3, 0.4) is 0 Å². The van der Waals surface area contributed by atoms with Gasteiger partial charge in [0.15, 0.2) is 5.78 Å². The van der Waals surface area contributed by atoms with Gasteiger partial charge in [0.25, 0.3) is 29.8 Å². The second kappa shape index (κ2) is 30.0. The highest BCUT2D eigenvalue weighted by Crippen LogP contribution is 2.00. The van der Waals surface area contributed by atoms with Crippen LogP contribution < -0.4 is 0 Å². The van der Waals surface area contributed by atoms with Crippen molar-refractivity contribution in [2.24, 2.45) is 0 Å². The van der Waals surface area contributed by atoms with E-state index < -0.39 is 67.2 Å². The Bertz CT molecular complexity index is 440. The lowest BCUT2D eigenvalue weighted by atomic mass is 10.1. The fourth-order valence-electron chi connectivity index (χ4n) is 0.602. The Morgan fingerprint density at radius 1 is 0.562 bits per heavy atom. The summed E-state index contributed by atoms with van der Waals surface area (Å²) in [5.74, 6) is -5.17. The van der Waals surface area contributed by atoms with Crippen molar-refractivity contribution < 1.29 is 79.8 Å². The molecule has 0 aromatic carbocycles. The molecule has 0 aromatic heterocycles. The first kappa shape index (κ1) is 42.8. The zero-order valence-corrected chi connectivity index (χ0v) is 18.1. The number of carbonyl (C=O) groups excluding carboxylic acids is 1. The fraction of sp³-hybridized carbons (Fsp3) is 0.625. The highest BCUT2D eigenvalue weighted by molar-refractivity contribution is 5.84. The maximum Gasteiger partial charge on any atom is 0.300 e. The molecular formula is C16H32O16. The molecule has 3 atom stereocenters. The van der Waals surface area contributed by atoms with Crippen molar-refractivity contribution in [3.63, 3.8) is 0 Å².